The number of para-hydroxylation sites is 1. The number of fused-ring (bicyclic) bond motifs is 1. The molecule has 2 aromatic rings. The van der Waals surface area contributed by atoms with Crippen LogP contribution in [0.15, 0.2) is 36.5 Å². The Balaban J connectivity index is 1.49. The Kier molecular flexibility index (Phi) is 4.01. The standard InChI is InChI=1S/C18H20N4O3/c1-13-10-20(7-8-25-13)17(23)12-21-11-16-15(18(21)24)9-19-22(16)14-5-3-2-4-6-14/h2-6,9,13H,7-8,10-12H2,1H3/t13-/m0/s1. The maximum atomic E-state index is 12.6. The molecule has 7 heteroatoms. The number of aromatic nitrogens is 2. The van der Waals surface area contributed by atoms with E-state index in [0.29, 0.717) is 31.8 Å². The van der Waals surface area contributed by atoms with E-state index in [2.05, 4.69) is 5.10 Å². The molecule has 0 unspecified atom stereocenters. The lowest BCUT2D eigenvalue weighted by atomic mass is 10.2. The second kappa shape index (κ2) is 6.33. The Morgan fingerprint density at radius 3 is 2.88 bits per heavy atom. The van der Waals surface area contributed by atoms with Gasteiger partial charge in [0.1, 0.15) is 6.54 Å². The summed E-state index contributed by atoms with van der Waals surface area (Å²) in [5.74, 6) is -0.167. The summed E-state index contributed by atoms with van der Waals surface area (Å²) in [4.78, 5) is 28.5. The number of benzene rings is 1. The van der Waals surface area contributed by atoms with Crippen molar-refractivity contribution in [2.24, 2.45) is 0 Å². The molecule has 25 heavy (non-hydrogen) atoms. The molecule has 1 aromatic heterocycles. The highest BCUT2D eigenvalue weighted by molar-refractivity contribution is 5.99. The Bertz CT molecular complexity index is 802. The van der Waals surface area contributed by atoms with Crippen LogP contribution in [0.1, 0.15) is 23.0 Å². The van der Waals surface area contributed by atoms with Crippen LogP contribution in [0, 0.1) is 0 Å². The Morgan fingerprint density at radius 1 is 1.32 bits per heavy atom. The second-order valence-corrected chi connectivity index (χ2v) is 6.43. The van der Waals surface area contributed by atoms with Crippen molar-refractivity contribution in [3.05, 3.63) is 47.8 Å². The third-order valence-electron chi connectivity index (χ3n) is 4.65. The number of carbonyl (C=O) groups is 2. The summed E-state index contributed by atoms with van der Waals surface area (Å²) in [5, 5.41) is 4.33. The number of morpholine rings is 1. The van der Waals surface area contributed by atoms with Crippen LogP contribution in [-0.2, 0) is 16.1 Å². The number of hydrogen-bond donors (Lipinski definition) is 0. The van der Waals surface area contributed by atoms with Gasteiger partial charge in [-0.15, -0.1) is 0 Å². The summed E-state index contributed by atoms with van der Waals surface area (Å²) in [7, 11) is 0. The number of rotatable bonds is 3. The molecule has 1 atom stereocenters. The van der Waals surface area contributed by atoms with E-state index in [4.69, 9.17) is 4.74 Å². The van der Waals surface area contributed by atoms with Gasteiger partial charge >= 0.3 is 0 Å². The van der Waals surface area contributed by atoms with E-state index in [9.17, 15) is 9.59 Å². The fraction of sp³-hybridized carbons (Fsp3) is 0.389. The first-order chi connectivity index (χ1) is 12.1. The van der Waals surface area contributed by atoms with Gasteiger partial charge in [0, 0.05) is 13.1 Å². The van der Waals surface area contributed by atoms with Crippen LogP contribution >= 0.6 is 0 Å². The fourth-order valence-electron chi connectivity index (χ4n) is 3.36. The molecule has 2 amide bonds. The van der Waals surface area contributed by atoms with Crippen molar-refractivity contribution in [2.75, 3.05) is 26.2 Å². The first-order valence-corrected chi connectivity index (χ1v) is 8.44. The molecular formula is C18H20N4O3. The largest absolute Gasteiger partial charge is 0.375 e. The van der Waals surface area contributed by atoms with Gasteiger partial charge in [0.05, 0.1) is 42.4 Å². The normalized spacial score (nSPS) is 20.0. The summed E-state index contributed by atoms with van der Waals surface area (Å²) in [6, 6.07) is 9.69. The van der Waals surface area contributed by atoms with Crippen molar-refractivity contribution in [3.63, 3.8) is 0 Å². The molecule has 1 saturated heterocycles. The summed E-state index contributed by atoms with van der Waals surface area (Å²) in [6.45, 7) is 4.14. The summed E-state index contributed by atoms with van der Waals surface area (Å²) >= 11 is 0. The third-order valence-corrected chi connectivity index (χ3v) is 4.65. The van der Waals surface area contributed by atoms with E-state index < -0.39 is 0 Å². The number of ether oxygens (including phenoxy) is 1. The van der Waals surface area contributed by atoms with Crippen molar-refractivity contribution >= 4 is 11.8 Å². The molecule has 0 bridgehead atoms. The summed E-state index contributed by atoms with van der Waals surface area (Å²) in [6.07, 6.45) is 1.63. The Labute approximate surface area is 145 Å². The smallest absolute Gasteiger partial charge is 0.258 e. The average Bonchev–Trinajstić information content (AvgIpc) is 3.16. The van der Waals surface area contributed by atoms with E-state index in [-0.39, 0.29) is 24.5 Å². The quantitative estimate of drug-likeness (QED) is 0.838. The molecule has 1 aromatic carbocycles. The first kappa shape index (κ1) is 15.8. The van der Waals surface area contributed by atoms with E-state index >= 15 is 0 Å². The highest BCUT2D eigenvalue weighted by atomic mass is 16.5. The minimum atomic E-state index is -0.133. The zero-order valence-corrected chi connectivity index (χ0v) is 14.1. The van der Waals surface area contributed by atoms with E-state index in [0.717, 1.165) is 11.4 Å². The van der Waals surface area contributed by atoms with Crippen LogP contribution in [0.5, 0.6) is 0 Å². The van der Waals surface area contributed by atoms with Gasteiger partial charge in [0.15, 0.2) is 0 Å². The van der Waals surface area contributed by atoms with E-state index in [1.54, 1.807) is 20.7 Å². The Morgan fingerprint density at radius 2 is 2.12 bits per heavy atom. The number of carbonyl (C=O) groups excluding carboxylic acids is 2. The lowest BCUT2D eigenvalue weighted by Crippen LogP contribution is -2.48. The zero-order valence-electron chi connectivity index (χ0n) is 14.1. The molecule has 0 N–H and O–H groups in total. The van der Waals surface area contributed by atoms with Crippen molar-refractivity contribution in [3.8, 4) is 5.69 Å². The van der Waals surface area contributed by atoms with Crippen LogP contribution in [0.3, 0.4) is 0 Å². The molecular weight excluding hydrogens is 320 g/mol. The van der Waals surface area contributed by atoms with Crippen LogP contribution in [0.2, 0.25) is 0 Å². The van der Waals surface area contributed by atoms with Crippen LogP contribution in [0.4, 0.5) is 0 Å². The van der Waals surface area contributed by atoms with Crippen molar-refractivity contribution in [1.29, 1.82) is 0 Å². The van der Waals surface area contributed by atoms with E-state index in [1.165, 1.54) is 0 Å². The lowest BCUT2D eigenvalue weighted by Gasteiger charge is -2.32. The van der Waals surface area contributed by atoms with Gasteiger partial charge in [-0.25, -0.2) is 4.68 Å². The molecule has 1 fully saturated rings. The Hall–Kier alpha value is -2.67. The van der Waals surface area contributed by atoms with Gasteiger partial charge < -0.3 is 14.5 Å². The molecule has 130 valence electrons. The first-order valence-electron chi connectivity index (χ1n) is 8.44. The number of amides is 2. The van der Waals surface area contributed by atoms with Gasteiger partial charge in [-0.2, -0.15) is 5.10 Å². The predicted molar refractivity (Wildman–Crippen MR) is 90.3 cm³/mol. The van der Waals surface area contributed by atoms with Crippen LogP contribution in [0.25, 0.3) is 5.69 Å². The molecule has 0 spiro atoms. The number of nitrogens with zero attached hydrogens (tertiary/aromatic N) is 4. The molecule has 3 heterocycles. The van der Waals surface area contributed by atoms with Gasteiger partial charge in [0.2, 0.25) is 5.91 Å². The highest BCUT2D eigenvalue weighted by Crippen LogP contribution is 2.25. The van der Waals surface area contributed by atoms with E-state index in [1.807, 2.05) is 37.3 Å². The van der Waals surface area contributed by atoms with Gasteiger partial charge in [-0.05, 0) is 19.1 Å². The summed E-state index contributed by atoms with van der Waals surface area (Å²) in [5.41, 5.74) is 2.32. The molecule has 0 saturated carbocycles. The maximum absolute atomic E-state index is 12.6. The number of hydrogen-bond acceptors (Lipinski definition) is 4. The maximum Gasteiger partial charge on any atom is 0.258 e. The molecule has 4 rings (SSSR count). The monoisotopic (exact) mass is 340 g/mol. The van der Waals surface area contributed by atoms with Crippen molar-refractivity contribution in [1.82, 2.24) is 19.6 Å². The topological polar surface area (TPSA) is 67.7 Å². The van der Waals surface area contributed by atoms with Gasteiger partial charge in [-0.3, -0.25) is 9.59 Å². The highest BCUT2D eigenvalue weighted by Gasteiger charge is 2.34. The van der Waals surface area contributed by atoms with Crippen LogP contribution in [-0.4, -0.2) is 63.7 Å². The molecule has 2 aliphatic rings. The molecule has 0 aliphatic carbocycles. The van der Waals surface area contributed by atoms with Crippen molar-refractivity contribution in [2.45, 2.75) is 19.6 Å². The second-order valence-electron chi connectivity index (χ2n) is 6.43. The lowest BCUT2D eigenvalue weighted by molar-refractivity contribution is -0.138. The van der Waals surface area contributed by atoms with Gasteiger partial charge in [0.25, 0.3) is 5.91 Å². The molecule has 2 aliphatic heterocycles. The predicted octanol–water partition coefficient (Wildman–Crippen LogP) is 1.08. The summed E-state index contributed by atoms with van der Waals surface area (Å²) < 4.78 is 7.24. The zero-order chi connectivity index (χ0) is 17.4. The minimum absolute atomic E-state index is 0.0344. The SMILES string of the molecule is C[C@H]1CN(C(=O)CN2Cc3c(cnn3-c3ccccc3)C2=O)CCO1. The van der Waals surface area contributed by atoms with Crippen molar-refractivity contribution < 1.29 is 14.3 Å². The van der Waals surface area contributed by atoms with Crippen LogP contribution < -0.4 is 0 Å². The van der Waals surface area contributed by atoms with Gasteiger partial charge in [-0.1, -0.05) is 18.2 Å². The minimum Gasteiger partial charge on any atom is -0.375 e. The average molecular weight is 340 g/mol. The third kappa shape index (κ3) is 2.91. The molecule has 0 radical (unpaired) electrons. The molecule has 7 nitrogen and oxygen atoms in total. The fourth-order valence-corrected chi connectivity index (χ4v) is 3.36.